The van der Waals surface area contributed by atoms with Crippen molar-refractivity contribution in [2.75, 3.05) is 0 Å². The number of benzene rings is 2. The van der Waals surface area contributed by atoms with Crippen LogP contribution in [0.4, 0.5) is 0 Å². The molecule has 0 spiro atoms. The van der Waals surface area contributed by atoms with E-state index in [9.17, 15) is 0 Å². The van der Waals surface area contributed by atoms with E-state index in [-0.39, 0.29) is 6.04 Å². The van der Waals surface area contributed by atoms with E-state index in [0.717, 1.165) is 26.8 Å². The fourth-order valence-electron chi connectivity index (χ4n) is 2.62. The van der Waals surface area contributed by atoms with Gasteiger partial charge in [-0.2, -0.15) is 0 Å². The van der Waals surface area contributed by atoms with Crippen LogP contribution in [0.3, 0.4) is 0 Å². The van der Waals surface area contributed by atoms with Gasteiger partial charge in [-0.05, 0) is 50.5 Å². The molecule has 21 heavy (non-hydrogen) atoms. The maximum Gasteiger partial charge on any atom is 0.148 e. The van der Waals surface area contributed by atoms with Gasteiger partial charge in [0.1, 0.15) is 11.3 Å². The molecule has 0 saturated carbocycles. The standard InChI is InChI=1S/C17H12BrNOS/c18-13-6-2-4-11-9-14(20-16(11)13)15(19)12-5-1-3-10-7-8-21-17(10)12/h1-9,15H,19H2. The Bertz CT molecular complexity index is 940. The molecule has 1 atom stereocenters. The number of furan rings is 1. The monoisotopic (exact) mass is 357 g/mol. The highest BCUT2D eigenvalue weighted by Crippen LogP contribution is 2.34. The second-order valence-electron chi connectivity index (χ2n) is 4.97. The van der Waals surface area contributed by atoms with Crippen LogP contribution in [0.5, 0.6) is 0 Å². The normalized spacial score (nSPS) is 13.0. The third kappa shape index (κ3) is 2.11. The third-order valence-corrected chi connectivity index (χ3v) is 5.27. The lowest BCUT2D eigenvalue weighted by Gasteiger charge is -2.10. The fourth-order valence-corrected chi connectivity index (χ4v) is 4.03. The van der Waals surface area contributed by atoms with E-state index in [1.165, 1.54) is 10.1 Å². The van der Waals surface area contributed by atoms with Crippen molar-refractivity contribution in [3.8, 4) is 0 Å². The second kappa shape index (κ2) is 4.98. The Hall–Kier alpha value is -1.62. The average molecular weight is 358 g/mol. The van der Waals surface area contributed by atoms with Gasteiger partial charge in [-0.15, -0.1) is 11.3 Å². The van der Waals surface area contributed by atoms with Gasteiger partial charge in [-0.25, -0.2) is 0 Å². The largest absolute Gasteiger partial charge is 0.458 e. The number of halogens is 1. The summed E-state index contributed by atoms with van der Waals surface area (Å²) in [6, 6.07) is 16.1. The summed E-state index contributed by atoms with van der Waals surface area (Å²) >= 11 is 5.23. The van der Waals surface area contributed by atoms with E-state index in [4.69, 9.17) is 10.2 Å². The number of hydrogen-bond acceptors (Lipinski definition) is 3. The average Bonchev–Trinajstić information content (AvgIpc) is 3.13. The van der Waals surface area contributed by atoms with Crippen molar-refractivity contribution in [3.05, 3.63) is 69.7 Å². The Kier molecular flexibility index (Phi) is 3.10. The zero-order valence-corrected chi connectivity index (χ0v) is 13.4. The lowest BCUT2D eigenvalue weighted by atomic mass is 10.0. The van der Waals surface area contributed by atoms with Crippen molar-refractivity contribution in [1.29, 1.82) is 0 Å². The van der Waals surface area contributed by atoms with Crippen molar-refractivity contribution >= 4 is 48.3 Å². The Morgan fingerprint density at radius 3 is 2.71 bits per heavy atom. The molecule has 0 aliphatic carbocycles. The van der Waals surface area contributed by atoms with Crippen molar-refractivity contribution in [2.24, 2.45) is 5.73 Å². The summed E-state index contributed by atoms with van der Waals surface area (Å²) in [7, 11) is 0. The van der Waals surface area contributed by atoms with Gasteiger partial charge < -0.3 is 10.2 Å². The number of thiophene rings is 1. The zero-order chi connectivity index (χ0) is 14.4. The number of fused-ring (bicyclic) bond motifs is 2. The Labute approximate surface area is 134 Å². The SMILES string of the molecule is NC(c1cc2cccc(Br)c2o1)c1cccc2ccsc12. The zero-order valence-electron chi connectivity index (χ0n) is 11.0. The van der Waals surface area contributed by atoms with Gasteiger partial charge >= 0.3 is 0 Å². The number of rotatable bonds is 2. The fraction of sp³-hybridized carbons (Fsp3) is 0.0588. The highest BCUT2D eigenvalue weighted by Gasteiger charge is 2.17. The Morgan fingerprint density at radius 1 is 1.05 bits per heavy atom. The topological polar surface area (TPSA) is 39.2 Å². The van der Waals surface area contributed by atoms with Crippen molar-refractivity contribution < 1.29 is 4.42 Å². The summed E-state index contributed by atoms with van der Waals surface area (Å²) in [5, 5.41) is 4.38. The van der Waals surface area contributed by atoms with Gasteiger partial charge in [0.25, 0.3) is 0 Å². The molecule has 0 fully saturated rings. The van der Waals surface area contributed by atoms with Crippen LogP contribution in [0.25, 0.3) is 21.1 Å². The molecule has 0 aliphatic rings. The molecule has 0 radical (unpaired) electrons. The first kappa shape index (κ1) is 13.1. The maximum absolute atomic E-state index is 6.45. The van der Waals surface area contributed by atoms with E-state index >= 15 is 0 Å². The highest BCUT2D eigenvalue weighted by molar-refractivity contribution is 9.10. The third-order valence-electron chi connectivity index (χ3n) is 3.67. The summed E-state index contributed by atoms with van der Waals surface area (Å²) in [4.78, 5) is 0. The molecule has 0 amide bonds. The summed E-state index contributed by atoms with van der Waals surface area (Å²) < 4.78 is 8.15. The lowest BCUT2D eigenvalue weighted by molar-refractivity contribution is 0.525. The van der Waals surface area contributed by atoms with E-state index in [1.54, 1.807) is 11.3 Å². The summed E-state index contributed by atoms with van der Waals surface area (Å²) in [5.41, 5.74) is 8.41. The molecular weight excluding hydrogens is 346 g/mol. The molecule has 2 N–H and O–H groups in total. The van der Waals surface area contributed by atoms with Crippen LogP contribution in [0.15, 0.2) is 62.8 Å². The van der Waals surface area contributed by atoms with Gasteiger partial charge in [0.2, 0.25) is 0 Å². The van der Waals surface area contributed by atoms with E-state index in [2.05, 4.69) is 39.5 Å². The number of hydrogen-bond donors (Lipinski definition) is 1. The van der Waals surface area contributed by atoms with Crippen LogP contribution in [-0.2, 0) is 0 Å². The van der Waals surface area contributed by atoms with Crippen LogP contribution in [0.2, 0.25) is 0 Å². The van der Waals surface area contributed by atoms with Gasteiger partial charge in [-0.3, -0.25) is 0 Å². The van der Waals surface area contributed by atoms with Crippen molar-refractivity contribution in [3.63, 3.8) is 0 Å². The molecule has 104 valence electrons. The summed E-state index contributed by atoms with van der Waals surface area (Å²) in [5.74, 6) is 0.790. The lowest BCUT2D eigenvalue weighted by Crippen LogP contribution is -2.10. The molecule has 4 heteroatoms. The molecule has 1 unspecified atom stereocenters. The molecule has 0 bridgehead atoms. The molecule has 0 aliphatic heterocycles. The number of para-hydroxylation sites is 1. The number of nitrogens with two attached hydrogens (primary N) is 1. The van der Waals surface area contributed by atoms with E-state index in [1.807, 2.05) is 30.3 Å². The first-order chi connectivity index (χ1) is 10.2. The predicted octanol–water partition coefficient (Wildman–Crippen LogP) is 5.46. The highest BCUT2D eigenvalue weighted by atomic mass is 79.9. The van der Waals surface area contributed by atoms with Gasteiger partial charge in [0.05, 0.1) is 10.5 Å². The Morgan fingerprint density at radius 2 is 1.86 bits per heavy atom. The van der Waals surface area contributed by atoms with E-state index in [0.29, 0.717) is 0 Å². The molecule has 4 rings (SSSR count). The first-order valence-electron chi connectivity index (χ1n) is 6.64. The van der Waals surface area contributed by atoms with Gasteiger partial charge in [0, 0.05) is 10.1 Å². The smallest absolute Gasteiger partial charge is 0.148 e. The minimum Gasteiger partial charge on any atom is -0.458 e. The van der Waals surface area contributed by atoms with Crippen molar-refractivity contribution in [1.82, 2.24) is 0 Å². The molecule has 2 aromatic heterocycles. The Balaban J connectivity index is 1.88. The van der Waals surface area contributed by atoms with Crippen LogP contribution >= 0.6 is 27.3 Å². The molecule has 0 saturated heterocycles. The van der Waals surface area contributed by atoms with Gasteiger partial charge in [0.15, 0.2) is 0 Å². The minimum atomic E-state index is -0.258. The molecule has 4 aromatic rings. The minimum absolute atomic E-state index is 0.258. The molecular formula is C17H12BrNOS. The van der Waals surface area contributed by atoms with Crippen LogP contribution in [0, 0.1) is 0 Å². The van der Waals surface area contributed by atoms with Crippen LogP contribution in [-0.4, -0.2) is 0 Å². The second-order valence-corrected chi connectivity index (χ2v) is 6.74. The molecule has 2 heterocycles. The molecule has 2 aromatic carbocycles. The van der Waals surface area contributed by atoms with Gasteiger partial charge in [-0.1, -0.05) is 30.3 Å². The molecule has 2 nitrogen and oxygen atoms in total. The maximum atomic E-state index is 6.45. The first-order valence-corrected chi connectivity index (χ1v) is 8.31. The van der Waals surface area contributed by atoms with Crippen LogP contribution < -0.4 is 5.73 Å². The quantitative estimate of drug-likeness (QED) is 0.517. The summed E-state index contributed by atoms with van der Waals surface area (Å²) in [6.07, 6.45) is 0. The van der Waals surface area contributed by atoms with Crippen LogP contribution in [0.1, 0.15) is 17.4 Å². The van der Waals surface area contributed by atoms with E-state index < -0.39 is 0 Å². The van der Waals surface area contributed by atoms with Crippen molar-refractivity contribution in [2.45, 2.75) is 6.04 Å². The predicted molar refractivity (Wildman–Crippen MR) is 91.8 cm³/mol. The summed E-state index contributed by atoms with van der Waals surface area (Å²) in [6.45, 7) is 0.